The fourth-order valence-corrected chi connectivity index (χ4v) is 2.31. The Morgan fingerprint density at radius 1 is 0.917 bits per heavy atom. The molecule has 0 radical (unpaired) electrons. The number of aromatic nitrogens is 1. The average molecular weight is 320 g/mol. The second kappa shape index (κ2) is 9.22. The van der Waals surface area contributed by atoms with Gasteiger partial charge in [-0.15, -0.1) is 0 Å². The Balaban J connectivity index is 0.000000300. The first-order valence-corrected chi connectivity index (χ1v) is 7.65. The first kappa shape index (κ1) is 17.4. The van der Waals surface area contributed by atoms with Crippen LogP contribution in [0.1, 0.15) is 5.56 Å². The summed E-state index contributed by atoms with van der Waals surface area (Å²) in [5, 5.41) is 1.25. The molecule has 1 aliphatic heterocycles. The molecular formula is C20H22N3O+. The number of ether oxygens (including phenoxy) is 1. The van der Waals surface area contributed by atoms with E-state index in [-0.39, 0.29) is 6.15 Å². The van der Waals surface area contributed by atoms with Crippen LogP contribution in [0.25, 0.3) is 23.2 Å². The normalized spacial score (nSPS) is 12.3. The van der Waals surface area contributed by atoms with Gasteiger partial charge in [0.05, 0.1) is 6.54 Å². The molecule has 4 nitrogen and oxygen atoms in total. The highest BCUT2D eigenvalue weighted by Gasteiger charge is 2.03. The zero-order valence-electron chi connectivity index (χ0n) is 13.6. The Bertz CT molecular complexity index is 802. The van der Waals surface area contributed by atoms with Crippen molar-refractivity contribution in [1.29, 1.82) is 0 Å². The summed E-state index contributed by atoms with van der Waals surface area (Å²) in [4.78, 5) is 3.74. The second-order valence-electron chi connectivity index (χ2n) is 5.08. The Hall–Kier alpha value is -2.98. The van der Waals surface area contributed by atoms with Gasteiger partial charge in [-0.3, -0.25) is 4.99 Å². The third kappa shape index (κ3) is 4.76. The number of hydrogen-bond acceptors (Lipinski definition) is 3. The van der Waals surface area contributed by atoms with Gasteiger partial charge in [0, 0.05) is 23.6 Å². The molecule has 0 saturated heterocycles. The fourth-order valence-electron chi connectivity index (χ4n) is 2.31. The van der Waals surface area contributed by atoms with Crippen LogP contribution in [0, 0.1) is 0 Å². The van der Waals surface area contributed by atoms with E-state index in [4.69, 9.17) is 0 Å². The molecule has 0 atom stereocenters. The molecule has 4 heteroatoms. The summed E-state index contributed by atoms with van der Waals surface area (Å²) in [7, 11) is 0. The molecule has 2 heterocycles. The standard InChI is InChI=1S/C17H14N.C3H5NO.H3N/c1-2-7-15(8-3-1)12-14-18-13-6-10-16-9-4-5-11-17(16)18;1-2-5-3-4-1;/h1-14H;3H,1-2H2;1H3/q+1;;. The first-order chi connectivity index (χ1) is 11.4. The van der Waals surface area contributed by atoms with Crippen LogP contribution in [0.4, 0.5) is 0 Å². The topological polar surface area (TPSA) is 60.5 Å². The van der Waals surface area contributed by atoms with Crippen molar-refractivity contribution in [3.05, 3.63) is 78.5 Å². The Morgan fingerprint density at radius 3 is 2.38 bits per heavy atom. The lowest BCUT2D eigenvalue weighted by atomic mass is 10.2. The van der Waals surface area contributed by atoms with Gasteiger partial charge in [-0.25, -0.2) is 0 Å². The monoisotopic (exact) mass is 320 g/mol. The van der Waals surface area contributed by atoms with E-state index in [1.54, 1.807) is 0 Å². The number of para-hydroxylation sites is 1. The number of aliphatic imine (C=N–C) groups is 1. The lowest BCUT2D eigenvalue weighted by Crippen LogP contribution is -2.25. The van der Waals surface area contributed by atoms with Crippen LogP contribution in [-0.2, 0) is 4.74 Å². The van der Waals surface area contributed by atoms with Crippen LogP contribution in [0.2, 0.25) is 0 Å². The van der Waals surface area contributed by atoms with E-state index in [2.05, 4.69) is 81.3 Å². The van der Waals surface area contributed by atoms with Crippen LogP contribution in [-0.4, -0.2) is 19.6 Å². The lowest BCUT2D eigenvalue weighted by Gasteiger charge is -1.95. The Kier molecular flexibility index (Phi) is 6.68. The Morgan fingerprint density at radius 2 is 1.67 bits per heavy atom. The zero-order valence-corrected chi connectivity index (χ0v) is 13.6. The molecule has 0 spiro atoms. The summed E-state index contributed by atoms with van der Waals surface area (Å²) in [6.45, 7) is 1.62. The van der Waals surface area contributed by atoms with Gasteiger partial charge in [0.2, 0.25) is 5.52 Å². The number of benzene rings is 2. The van der Waals surface area contributed by atoms with Crippen molar-refractivity contribution in [3.8, 4) is 0 Å². The van der Waals surface area contributed by atoms with Crippen molar-refractivity contribution < 1.29 is 9.30 Å². The molecule has 24 heavy (non-hydrogen) atoms. The lowest BCUT2D eigenvalue weighted by molar-refractivity contribution is -0.538. The molecule has 0 aliphatic carbocycles. The highest BCUT2D eigenvalue weighted by molar-refractivity contribution is 5.76. The summed E-state index contributed by atoms with van der Waals surface area (Å²) >= 11 is 0. The molecule has 2 aromatic carbocycles. The molecular weight excluding hydrogens is 298 g/mol. The smallest absolute Gasteiger partial charge is 0.217 e. The average Bonchev–Trinajstić information content (AvgIpc) is 3.21. The third-order valence-electron chi connectivity index (χ3n) is 3.45. The number of nitrogens with zero attached hydrogens (tertiary/aromatic N) is 2. The summed E-state index contributed by atoms with van der Waals surface area (Å²) in [5.74, 6) is 0. The van der Waals surface area contributed by atoms with E-state index in [0.29, 0.717) is 0 Å². The van der Waals surface area contributed by atoms with Crippen molar-refractivity contribution in [3.63, 3.8) is 0 Å². The zero-order chi connectivity index (χ0) is 15.7. The quantitative estimate of drug-likeness (QED) is 0.726. The van der Waals surface area contributed by atoms with Crippen LogP contribution >= 0.6 is 0 Å². The maximum absolute atomic E-state index is 4.65. The fraction of sp³-hybridized carbons (Fsp3) is 0.100. The largest absolute Gasteiger partial charge is 0.482 e. The predicted octanol–water partition coefficient (Wildman–Crippen LogP) is 3.96. The maximum atomic E-state index is 4.65. The predicted molar refractivity (Wildman–Crippen MR) is 100 cm³/mol. The van der Waals surface area contributed by atoms with E-state index in [1.165, 1.54) is 22.9 Å². The number of rotatable bonds is 2. The maximum Gasteiger partial charge on any atom is 0.217 e. The van der Waals surface area contributed by atoms with E-state index >= 15 is 0 Å². The SMILES string of the molecule is C(=C[n+]1cccc2ccccc21)c1ccccc1.C1=NCCO1.N. The van der Waals surface area contributed by atoms with Crippen molar-refractivity contribution in [2.75, 3.05) is 13.2 Å². The van der Waals surface area contributed by atoms with Gasteiger partial charge in [0.1, 0.15) is 6.61 Å². The number of fused-ring (bicyclic) bond motifs is 1. The van der Waals surface area contributed by atoms with Crippen molar-refractivity contribution in [2.24, 2.45) is 4.99 Å². The van der Waals surface area contributed by atoms with Gasteiger partial charge in [-0.1, -0.05) is 42.5 Å². The van der Waals surface area contributed by atoms with Crippen molar-refractivity contribution in [1.82, 2.24) is 6.15 Å². The van der Waals surface area contributed by atoms with Crippen LogP contribution in [0.5, 0.6) is 0 Å². The van der Waals surface area contributed by atoms with E-state index in [9.17, 15) is 0 Å². The first-order valence-electron chi connectivity index (χ1n) is 7.65. The minimum atomic E-state index is 0. The van der Waals surface area contributed by atoms with E-state index in [0.717, 1.165) is 13.2 Å². The molecule has 0 amide bonds. The molecule has 122 valence electrons. The van der Waals surface area contributed by atoms with Crippen molar-refractivity contribution in [2.45, 2.75) is 0 Å². The molecule has 0 fully saturated rings. The van der Waals surface area contributed by atoms with Crippen LogP contribution in [0.15, 0.2) is 77.9 Å². The summed E-state index contributed by atoms with van der Waals surface area (Å²) in [6.07, 6.45) is 7.77. The van der Waals surface area contributed by atoms with Gasteiger partial charge < -0.3 is 10.9 Å². The van der Waals surface area contributed by atoms with Crippen molar-refractivity contribution >= 4 is 29.6 Å². The summed E-state index contributed by atoms with van der Waals surface area (Å²) in [6, 6.07) is 22.9. The molecule has 4 rings (SSSR count). The number of hydrogen-bond donors (Lipinski definition) is 1. The summed E-state index contributed by atoms with van der Waals surface area (Å²) < 4.78 is 6.79. The molecule has 1 aliphatic rings. The van der Waals surface area contributed by atoms with Crippen LogP contribution in [0.3, 0.4) is 0 Å². The highest BCUT2D eigenvalue weighted by atomic mass is 16.5. The molecule has 0 saturated carbocycles. The molecule has 1 aromatic heterocycles. The van der Waals surface area contributed by atoms with Gasteiger partial charge in [-0.05, 0) is 17.7 Å². The molecule has 3 N–H and O–H groups in total. The summed E-state index contributed by atoms with van der Waals surface area (Å²) in [5.41, 5.74) is 2.42. The van der Waals surface area contributed by atoms with E-state index < -0.39 is 0 Å². The van der Waals surface area contributed by atoms with Gasteiger partial charge in [0.25, 0.3) is 0 Å². The third-order valence-corrected chi connectivity index (χ3v) is 3.45. The van der Waals surface area contributed by atoms with Gasteiger partial charge in [-0.2, -0.15) is 4.57 Å². The molecule has 0 bridgehead atoms. The minimum absolute atomic E-state index is 0. The second-order valence-corrected chi connectivity index (χ2v) is 5.08. The van der Waals surface area contributed by atoms with Crippen LogP contribution < -0.4 is 10.7 Å². The minimum Gasteiger partial charge on any atom is -0.482 e. The van der Waals surface area contributed by atoms with Gasteiger partial charge >= 0.3 is 0 Å². The van der Waals surface area contributed by atoms with Gasteiger partial charge in [0.15, 0.2) is 18.8 Å². The number of pyridine rings is 1. The Labute approximate surface area is 142 Å². The molecule has 3 aromatic rings. The van der Waals surface area contributed by atoms with E-state index in [1.807, 2.05) is 18.2 Å². The molecule has 0 unspecified atom stereocenters. The highest BCUT2D eigenvalue weighted by Crippen LogP contribution is 2.08.